The molecular formula is C29H32FN2O3S+. The maximum absolute atomic E-state index is 14.3. The monoisotopic (exact) mass is 507 g/mol. The summed E-state index contributed by atoms with van der Waals surface area (Å²) in [5.74, 6) is 0.141. The number of hydrogen-bond acceptors (Lipinski definition) is 4. The number of carbonyl (C=O) groups is 1. The summed E-state index contributed by atoms with van der Waals surface area (Å²) in [5.41, 5.74) is 2.64. The van der Waals surface area contributed by atoms with E-state index in [1.807, 2.05) is 35.0 Å². The number of anilines is 1. The highest BCUT2D eigenvalue weighted by molar-refractivity contribution is 7.08. The number of rotatable bonds is 8. The van der Waals surface area contributed by atoms with Gasteiger partial charge in [0.2, 0.25) is 0 Å². The molecule has 0 spiro atoms. The van der Waals surface area contributed by atoms with E-state index in [9.17, 15) is 9.18 Å². The van der Waals surface area contributed by atoms with Crippen LogP contribution < -0.4 is 9.64 Å². The number of halogens is 1. The topological polar surface area (TPSA) is 38.8 Å². The zero-order chi connectivity index (χ0) is 25.0. The minimum absolute atomic E-state index is 0.112. The van der Waals surface area contributed by atoms with E-state index in [2.05, 4.69) is 24.3 Å². The standard InChI is InChI=1S/C29H32FN2O3S/c1-34-27-10-9-23(18-26(27)30)19-31(25-13-17-36-21-25)29(33)35-28-20-32(15-11-24(28)12-16-32)14-5-8-22-6-3-2-4-7-22/h2-10,13,17-18,21,24,28H,11-12,14-16,19-20H2,1H3/q+1/t24?,28-,32?/m0/s1. The van der Waals surface area contributed by atoms with Crippen LogP contribution in [0.15, 0.2) is 71.4 Å². The van der Waals surface area contributed by atoms with Gasteiger partial charge in [-0.1, -0.05) is 42.5 Å². The first kappa shape index (κ1) is 24.5. The molecule has 4 heterocycles. The van der Waals surface area contributed by atoms with Crippen LogP contribution in [0.2, 0.25) is 0 Å². The summed E-state index contributed by atoms with van der Waals surface area (Å²) in [6.45, 7) is 4.25. The highest BCUT2D eigenvalue weighted by atomic mass is 32.1. The number of fused-ring (bicyclic) bond motifs is 3. The zero-order valence-electron chi connectivity index (χ0n) is 20.5. The van der Waals surface area contributed by atoms with Gasteiger partial charge in [-0.05, 0) is 40.8 Å². The first-order valence-electron chi connectivity index (χ1n) is 12.4. The van der Waals surface area contributed by atoms with Crippen molar-refractivity contribution in [3.05, 3.63) is 88.4 Å². The fraction of sp³-hybridized carbons (Fsp3) is 0.345. The summed E-state index contributed by atoms with van der Waals surface area (Å²) < 4.78 is 26.5. The minimum Gasteiger partial charge on any atom is -0.494 e. The number of ether oxygens (including phenoxy) is 2. The SMILES string of the molecule is COc1ccc(CN(C(=O)O[C@H]2C[N+]3(CC=Cc4ccccc4)CCC2CC3)c2ccsc2)cc1F. The van der Waals surface area contributed by atoms with Crippen LogP contribution in [0.25, 0.3) is 6.08 Å². The first-order chi connectivity index (χ1) is 17.5. The average Bonchev–Trinajstić information content (AvgIpc) is 3.43. The van der Waals surface area contributed by atoms with E-state index in [0.717, 1.165) is 49.2 Å². The van der Waals surface area contributed by atoms with Crippen molar-refractivity contribution in [1.29, 1.82) is 0 Å². The highest BCUT2D eigenvalue weighted by Crippen LogP contribution is 2.36. The Labute approximate surface area is 216 Å². The summed E-state index contributed by atoms with van der Waals surface area (Å²) in [6.07, 6.45) is 6.09. The van der Waals surface area contributed by atoms with E-state index in [1.165, 1.54) is 30.1 Å². The highest BCUT2D eigenvalue weighted by Gasteiger charge is 2.47. The fourth-order valence-corrected chi connectivity index (χ4v) is 6.09. The van der Waals surface area contributed by atoms with Gasteiger partial charge in [-0.25, -0.2) is 9.18 Å². The third-order valence-corrected chi connectivity index (χ3v) is 8.16. The van der Waals surface area contributed by atoms with Crippen LogP contribution >= 0.6 is 11.3 Å². The van der Waals surface area contributed by atoms with Gasteiger partial charge in [0, 0.05) is 24.1 Å². The molecule has 2 aromatic carbocycles. The Morgan fingerprint density at radius 1 is 1.17 bits per heavy atom. The number of hydrogen-bond donors (Lipinski definition) is 0. The molecule has 2 bridgehead atoms. The smallest absolute Gasteiger partial charge is 0.415 e. The quantitative estimate of drug-likeness (QED) is 0.333. The summed E-state index contributed by atoms with van der Waals surface area (Å²) in [7, 11) is 1.44. The van der Waals surface area contributed by atoms with Crippen LogP contribution in [0, 0.1) is 11.7 Å². The summed E-state index contributed by atoms with van der Waals surface area (Å²) in [5, 5.41) is 3.85. The normalized spacial score (nSPS) is 23.1. The van der Waals surface area contributed by atoms with Gasteiger partial charge in [-0.2, -0.15) is 11.3 Å². The first-order valence-corrected chi connectivity index (χ1v) is 13.4. The van der Waals surface area contributed by atoms with Crippen molar-refractivity contribution in [3.63, 3.8) is 0 Å². The van der Waals surface area contributed by atoms with Gasteiger partial charge in [-0.15, -0.1) is 0 Å². The largest absolute Gasteiger partial charge is 0.494 e. The Morgan fingerprint density at radius 2 is 1.97 bits per heavy atom. The predicted molar refractivity (Wildman–Crippen MR) is 142 cm³/mol. The lowest BCUT2D eigenvalue weighted by Crippen LogP contribution is -2.64. The van der Waals surface area contributed by atoms with Crippen molar-refractivity contribution in [1.82, 2.24) is 0 Å². The summed E-state index contributed by atoms with van der Waals surface area (Å²) in [4.78, 5) is 15.1. The fourth-order valence-electron chi connectivity index (χ4n) is 5.44. The number of piperidine rings is 3. The van der Waals surface area contributed by atoms with Crippen molar-refractivity contribution in [2.45, 2.75) is 25.5 Å². The second kappa shape index (κ2) is 10.8. The molecule has 3 aliphatic heterocycles. The molecule has 6 rings (SSSR count). The van der Waals surface area contributed by atoms with Gasteiger partial charge >= 0.3 is 6.09 Å². The molecule has 7 heteroatoms. The van der Waals surface area contributed by atoms with E-state index in [-0.39, 0.29) is 24.5 Å². The van der Waals surface area contributed by atoms with E-state index in [1.54, 1.807) is 17.0 Å². The second-order valence-electron chi connectivity index (χ2n) is 9.76. The Morgan fingerprint density at radius 3 is 2.67 bits per heavy atom. The molecule has 3 fully saturated rings. The summed E-state index contributed by atoms with van der Waals surface area (Å²) >= 11 is 1.52. The molecule has 0 aliphatic carbocycles. The second-order valence-corrected chi connectivity index (χ2v) is 10.5. The van der Waals surface area contributed by atoms with Crippen LogP contribution in [0.5, 0.6) is 5.75 Å². The van der Waals surface area contributed by atoms with Crippen LogP contribution in [0.1, 0.15) is 24.0 Å². The Balaban J connectivity index is 1.28. The molecule has 0 saturated carbocycles. The molecule has 3 saturated heterocycles. The van der Waals surface area contributed by atoms with Gasteiger partial charge in [0.25, 0.3) is 0 Å². The number of carbonyl (C=O) groups excluding carboxylic acids is 1. The van der Waals surface area contributed by atoms with Crippen molar-refractivity contribution in [3.8, 4) is 5.75 Å². The Kier molecular flexibility index (Phi) is 7.39. The molecule has 1 aromatic heterocycles. The number of methoxy groups -OCH3 is 1. The number of amides is 1. The third kappa shape index (κ3) is 5.47. The van der Waals surface area contributed by atoms with Crippen LogP contribution in [-0.2, 0) is 11.3 Å². The van der Waals surface area contributed by atoms with Crippen molar-refractivity contribution in [2.75, 3.05) is 38.2 Å². The molecule has 3 aliphatic rings. The minimum atomic E-state index is -0.443. The molecule has 1 amide bonds. The molecule has 1 atom stereocenters. The molecule has 5 nitrogen and oxygen atoms in total. The van der Waals surface area contributed by atoms with Crippen LogP contribution in [0.4, 0.5) is 14.9 Å². The summed E-state index contributed by atoms with van der Waals surface area (Å²) in [6, 6.07) is 17.0. The van der Waals surface area contributed by atoms with E-state index in [4.69, 9.17) is 9.47 Å². The van der Waals surface area contributed by atoms with E-state index in [0.29, 0.717) is 11.5 Å². The van der Waals surface area contributed by atoms with Crippen molar-refractivity contribution in [2.24, 2.45) is 5.92 Å². The lowest BCUT2D eigenvalue weighted by atomic mass is 9.83. The maximum atomic E-state index is 14.3. The van der Waals surface area contributed by atoms with Crippen LogP contribution in [0.3, 0.4) is 0 Å². The zero-order valence-corrected chi connectivity index (χ0v) is 21.3. The molecule has 0 radical (unpaired) electrons. The van der Waals surface area contributed by atoms with Gasteiger partial charge < -0.3 is 14.0 Å². The third-order valence-electron chi connectivity index (χ3n) is 7.49. The average molecular weight is 508 g/mol. The van der Waals surface area contributed by atoms with Gasteiger partial charge in [0.1, 0.15) is 6.54 Å². The lowest BCUT2D eigenvalue weighted by molar-refractivity contribution is -0.941. The van der Waals surface area contributed by atoms with E-state index >= 15 is 0 Å². The number of benzene rings is 2. The number of thiophene rings is 1. The van der Waals surface area contributed by atoms with Gasteiger partial charge in [0.15, 0.2) is 17.7 Å². The van der Waals surface area contributed by atoms with Crippen molar-refractivity contribution < 1.29 is 23.1 Å². The van der Waals surface area contributed by atoms with Gasteiger partial charge in [-0.3, -0.25) is 4.90 Å². The predicted octanol–water partition coefficient (Wildman–Crippen LogP) is 6.36. The van der Waals surface area contributed by atoms with E-state index < -0.39 is 5.82 Å². The lowest BCUT2D eigenvalue weighted by Gasteiger charge is -2.51. The molecule has 0 unspecified atom stereocenters. The van der Waals surface area contributed by atoms with Gasteiger partial charge in [0.05, 0.1) is 39.0 Å². The van der Waals surface area contributed by atoms with Crippen molar-refractivity contribution >= 4 is 29.2 Å². The Bertz CT molecular complexity index is 1190. The molecule has 188 valence electrons. The molecular weight excluding hydrogens is 475 g/mol. The number of quaternary nitrogens is 1. The molecule has 0 N–H and O–H groups in total. The molecule has 36 heavy (non-hydrogen) atoms. The number of nitrogens with zero attached hydrogens (tertiary/aromatic N) is 2. The van der Waals surface area contributed by atoms with Crippen LogP contribution in [-0.4, -0.2) is 50.0 Å². The molecule has 3 aromatic rings. The Hall–Kier alpha value is -3.16. The maximum Gasteiger partial charge on any atom is 0.415 e.